The molecule has 2 heteroatoms. The fourth-order valence-corrected chi connectivity index (χ4v) is 0.800. The van der Waals surface area contributed by atoms with Gasteiger partial charge >= 0.3 is 0 Å². The number of aliphatic imine (C=N–C) groups is 1. The molecule has 0 bridgehead atoms. The van der Waals surface area contributed by atoms with Gasteiger partial charge in [-0.25, -0.2) is 0 Å². The van der Waals surface area contributed by atoms with E-state index in [1.807, 2.05) is 12.4 Å². The first kappa shape index (κ1) is 7.32. The van der Waals surface area contributed by atoms with Crippen molar-refractivity contribution >= 4 is 6.21 Å². The number of hydrogen-bond acceptors (Lipinski definition) is 2. The molecule has 0 spiro atoms. The van der Waals surface area contributed by atoms with Crippen molar-refractivity contribution in [2.24, 2.45) is 10.4 Å². The fraction of sp³-hybridized carbons (Fsp3) is 0.625. The molecule has 1 heterocycles. The summed E-state index contributed by atoms with van der Waals surface area (Å²) in [7, 11) is 0. The Morgan fingerprint density at radius 3 is 2.50 bits per heavy atom. The van der Waals surface area contributed by atoms with Crippen LogP contribution < -0.4 is 5.32 Å². The van der Waals surface area contributed by atoms with Crippen LogP contribution in [0.5, 0.6) is 0 Å². The lowest BCUT2D eigenvalue weighted by molar-refractivity contribution is 0.492. The normalized spacial score (nSPS) is 18.1. The van der Waals surface area contributed by atoms with Gasteiger partial charge in [0, 0.05) is 24.4 Å². The summed E-state index contributed by atoms with van der Waals surface area (Å²) in [4.78, 5) is 4.27. The monoisotopic (exact) mass is 138 g/mol. The Bertz CT molecular complexity index is 172. The van der Waals surface area contributed by atoms with Crippen LogP contribution in [0.2, 0.25) is 0 Å². The van der Waals surface area contributed by atoms with Gasteiger partial charge in [0.15, 0.2) is 0 Å². The Morgan fingerprint density at radius 1 is 1.50 bits per heavy atom. The van der Waals surface area contributed by atoms with E-state index < -0.39 is 0 Å². The molecule has 0 radical (unpaired) electrons. The van der Waals surface area contributed by atoms with Crippen molar-refractivity contribution < 1.29 is 0 Å². The van der Waals surface area contributed by atoms with E-state index in [0.717, 1.165) is 12.2 Å². The highest BCUT2D eigenvalue weighted by atomic mass is 14.9. The third-order valence-corrected chi connectivity index (χ3v) is 1.45. The topological polar surface area (TPSA) is 24.4 Å². The van der Waals surface area contributed by atoms with Crippen molar-refractivity contribution in [3.8, 4) is 0 Å². The zero-order chi connectivity index (χ0) is 7.61. The lowest BCUT2D eigenvalue weighted by Gasteiger charge is -2.21. The zero-order valence-corrected chi connectivity index (χ0v) is 6.81. The maximum absolute atomic E-state index is 4.27. The molecule has 0 unspecified atom stereocenters. The highest BCUT2D eigenvalue weighted by Crippen LogP contribution is 2.25. The summed E-state index contributed by atoms with van der Waals surface area (Å²) in [6, 6.07) is 0. The maximum atomic E-state index is 4.27. The Morgan fingerprint density at radius 2 is 2.20 bits per heavy atom. The molecule has 0 aromatic rings. The van der Waals surface area contributed by atoms with Gasteiger partial charge in [-0.05, 0) is 0 Å². The van der Waals surface area contributed by atoms with Gasteiger partial charge in [0.25, 0.3) is 0 Å². The molecule has 0 amide bonds. The Labute approximate surface area is 62.0 Å². The van der Waals surface area contributed by atoms with E-state index in [2.05, 4.69) is 31.1 Å². The molecule has 0 fully saturated rings. The number of hydrogen-bond donors (Lipinski definition) is 1. The molecule has 0 aromatic carbocycles. The van der Waals surface area contributed by atoms with Crippen molar-refractivity contribution in [2.45, 2.75) is 20.8 Å². The van der Waals surface area contributed by atoms with Crippen LogP contribution in [0.4, 0.5) is 0 Å². The van der Waals surface area contributed by atoms with Crippen molar-refractivity contribution in [3.63, 3.8) is 0 Å². The van der Waals surface area contributed by atoms with Crippen molar-refractivity contribution in [3.05, 3.63) is 11.9 Å². The number of allylic oxidation sites excluding steroid dienone is 1. The summed E-state index contributed by atoms with van der Waals surface area (Å²) in [6.45, 7) is 7.33. The molecule has 10 heavy (non-hydrogen) atoms. The van der Waals surface area contributed by atoms with Crippen LogP contribution in [0.15, 0.2) is 16.9 Å². The van der Waals surface area contributed by atoms with Gasteiger partial charge in [-0.1, -0.05) is 20.8 Å². The van der Waals surface area contributed by atoms with Crippen LogP contribution in [0, 0.1) is 5.41 Å². The van der Waals surface area contributed by atoms with Crippen LogP contribution in [0.25, 0.3) is 0 Å². The van der Waals surface area contributed by atoms with Crippen LogP contribution >= 0.6 is 0 Å². The van der Waals surface area contributed by atoms with E-state index in [-0.39, 0.29) is 5.41 Å². The minimum Gasteiger partial charge on any atom is -0.384 e. The summed E-state index contributed by atoms with van der Waals surface area (Å²) in [5, 5.41) is 3.13. The molecule has 0 saturated heterocycles. The fourth-order valence-electron chi connectivity index (χ4n) is 0.800. The van der Waals surface area contributed by atoms with Crippen LogP contribution in [-0.2, 0) is 0 Å². The molecular formula is C8H14N2. The molecular weight excluding hydrogens is 124 g/mol. The quantitative estimate of drug-likeness (QED) is 0.539. The van der Waals surface area contributed by atoms with Gasteiger partial charge in [-0.3, -0.25) is 4.99 Å². The van der Waals surface area contributed by atoms with E-state index in [9.17, 15) is 0 Å². The predicted octanol–water partition coefficient (Wildman–Crippen LogP) is 1.55. The molecule has 0 aromatic heterocycles. The largest absolute Gasteiger partial charge is 0.384 e. The van der Waals surface area contributed by atoms with Crippen LogP contribution in [0.3, 0.4) is 0 Å². The predicted molar refractivity (Wildman–Crippen MR) is 44.0 cm³/mol. The number of nitrogens with one attached hydrogen (secondary N) is 1. The van der Waals surface area contributed by atoms with E-state index in [4.69, 9.17) is 0 Å². The third kappa shape index (κ3) is 1.59. The summed E-state index contributed by atoms with van der Waals surface area (Å²) in [5.41, 5.74) is 1.29. The Balaban J connectivity index is 2.73. The second-order valence-corrected chi connectivity index (χ2v) is 3.50. The lowest BCUT2D eigenvalue weighted by Crippen LogP contribution is -2.19. The zero-order valence-electron chi connectivity index (χ0n) is 6.81. The van der Waals surface area contributed by atoms with Crippen LogP contribution in [0.1, 0.15) is 20.8 Å². The summed E-state index contributed by atoms with van der Waals surface area (Å²) in [6.07, 6.45) is 3.89. The minimum atomic E-state index is 0.171. The average Bonchev–Trinajstić information content (AvgIpc) is 1.88. The van der Waals surface area contributed by atoms with Crippen molar-refractivity contribution in [1.29, 1.82) is 0 Å². The molecule has 1 aliphatic rings. The molecule has 1 rings (SSSR count). The Hall–Kier alpha value is -0.790. The summed E-state index contributed by atoms with van der Waals surface area (Å²) >= 11 is 0. The standard InChI is InChI=1S/C8H14N2/c1-8(2,3)7-6-9-4-5-10-7/h5-6,9H,4H2,1-3H3. The van der Waals surface area contributed by atoms with Gasteiger partial charge in [0.05, 0.1) is 5.70 Å². The van der Waals surface area contributed by atoms with Gasteiger partial charge < -0.3 is 5.32 Å². The molecule has 1 N–H and O–H groups in total. The highest BCUT2D eigenvalue weighted by molar-refractivity contribution is 5.63. The van der Waals surface area contributed by atoms with Crippen molar-refractivity contribution in [2.75, 3.05) is 6.54 Å². The van der Waals surface area contributed by atoms with E-state index in [0.29, 0.717) is 0 Å². The second kappa shape index (κ2) is 2.45. The van der Waals surface area contributed by atoms with Gasteiger partial charge in [0.1, 0.15) is 0 Å². The van der Waals surface area contributed by atoms with E-state index in [1.165, 1.54) is 0 Å². The smallest absolute Gasteiger partial charge is 0.0610 e. The average molecular weight is 138 g/mol. The summed E-state index contributed by atoms with van der Waals surface area (Å²) < 4.78 is 0. The first-order chi connectivity index (χ1) is 4.61. The Kier molecular flexibility index (Phi) is 1.79. The molecule has 56 valence electrons. The van der Waals surface area contributed by atoms with Crippen molar-refractivity contribution in [1.82, 2.24) is 5.32 Å². The second-order valence-electron chi connectivity index (χ2n) is 3.50. The van der Waals surface area contributed by atoms with E-state index >= 15 is 0 Å². The van der Waals surface area contributed by atoms with Gasteiger partial charge in [-0.15, -0.1) is 0 Å². The lowest BCUT2D eigenvalue weighted by atomic mass is 9.92. The first-order valence-electron chi connectivity index (χ1n) is 3.57. The first-order valence-corrected chi connectivity index (χ1v) is 3.57. The molecule has 1 aliphatic heterocycles. The van der Waals surface area contributed by atoms with Crippen LogP contribution in [-0.4, -0.2) is 12.8 Å². The highest BCUT2D eigenvalue weighted by Gasteiger charge is 2.16. The van der Waals surface area contributed by atoms with Gasteiger partial charge in [-0.2, -0.15) is 0 Å². The third-order valence-electron chi connectivity index (χ3n) is 1.45. The van der Waals surface area contributed by atoms with E-state index in [1.54, 1.807) is 0 Å². The minimum absolute atomic E-state index is 0.171. The van der Waals surface area contributed by atoms with Gasteiger partial charge in [0.2, 0.25) is 0 Å². The number of rotatable bonds is 0. The molecule has 2 nitrogen and oxygen atoms in total. The SMILES string of the molecule is CC(C)(C)C1=CNCC=N1. The molecule has 0 aliphatic carbocycles. The molecule has 0 saturated carbocycles. The maximum Gasteiger partial charge on any atom is 0.0610 e. The molecule has 0 atom stereocenters. The number of nitrogens with zero attached hydrogens (tertiary/aromatic N) is 1. The summed E-state index contributed by atoms with van der Waals surface area (Å²) in [5.74, 6) is 0.